The Balaban J connectivity index is 1.75. The van der Waals surface area contributed by atoms with Gasteiger partial charge in [-0.1, -0.05) is 12.1 Å². The molecule has 0 unspecified atom stereocenters. The molecule has 6 nitrogen and oxygen atoms in total. The van der Waals surface area contributed by atoms with Gasteiger partial charge in [-0.05, 0) is 12.0 Å². The summed E-state index contributed by atoms with van der Waals surface area (Å²) in [5.41, 5.74) is 1.12. The lowest BCUT2D eigenvalue weighted by atomic mass is 10.1. The first-order valence-electron chi connectivity index (χ1n) is 5.55. The van der Waals surface area contributed by atoms with Crippen LogP contribution in [0, 0.1) is 10.1 Å². The Bertz CT molecular complexity index is 494. The highest BCUT2D eigenvalue weighted by atomic mass is 16.6. The predicted molar refractivity (Wildman–Crippen MR) is 65.0 cm³/mol. The fourth-order valence-electron chi connectivity index (χ4n) is 1.52. The van der Waals surface area contributed by atoms with Crippen molar-refractivity contribution in [1.82, 2.24) is 9.97 Å². The van der Waals surface area contributed by atoms with E-state index in [4.69, 9.17) is 4.74 Å². The largest absolute Gasteiger partial charge is 0.373 e. The van der Waals surface area contributed by atoms with Gasteiger partial charge >= 0.3 is 0 Å². The number of nitrogens with zero attached hydrogens (tertiary/aromatic N) is 2. The lowest BCUT2D eigenvalue weighted by Gasteiger charge is -2.02. The molecule has 18 heavy (non-hydrogen) atoms. The molecule has 2 rings (SSSR count). The second-order valence-electron chi connectivity index (χ2n) is 3.76. The van der Waals surface area contributed by atoms with Crippen molar-refractivity contribution < 1.29 is 9.66 Å². The summed E-state index contributed by atoms with van der Waals surface area (Å²) < 4.78 is 5.43. The van der Waals surface area contributed by atoms with Gasteiger partial charge in [0.1, 0.15) is 12.4 Å². The topological polar surface area (TPSA) is 81.1 Å². The number of non-ortho nitro benzene ring substituents is 1. The lowest BCUT2D eigenvalue weighted by molar-refractivity contribution is -0.384. The lowest BCUT2D eigenvalue weighted by Crippen LogP contribution is -2.00. The van der Waals surface area contributed by atoms with Crippen LogP contribution in [-0.2, 0) is 17.8 Å². The van der Waals surface area contributed by atoms with Crippen molar-refractivity contribution in [2.75, 3.05) is 6.61 Å². The van der Waals surface area contributed by atoms with Gasteiger partial charge in [0.15, 0.2) is 0 Å². The number of H-pyrrole nitrogens is 1. The first kappa shape index (κ1) is 12.3. The summed E-state index contributed by atoms with van der Waals surface area (Å²) in [6, 6.07) is 6.49. The fraction of sp³-hybridized carbons (Fsp3) is 0.250. The highest BCUT2D eigenvalue weighted by Gasteiger charge is 2.03. The van der Waals surface area contributed by atoms with Crippen molar-refractivity contribution in [2.45, 2.75) is 13.0 Å². The second kappa shape index (κ2) is 5.92. The molecule has 0 bridgehead atoms. The standard InChI is InChI=1S/C12H13N3O3/c16-15(17)11-3-1-10(2-4-11)5-8-18-9-12-13-6-7-14-12/h1-4,6-7H,5,8-9H2,(H,13,14). The summed E-state index contributed by atoms with van der Waals surface area (Å²) >= 11 is 0. The third kappa shape index (κ3) is 3.39. The molecule has 0 fully saturated rings. The maximum Gasteiger partial charge on any atom is 0.269 e. The number of aromatic nitrogens is 2. The Morgan fingerprint density at radius 3 is 2.72 bits per heavy atom. The van der Waals surface area contributed by atoms with Gasteiger partial charge in [-0.3, -0.25) is 10.1 Å². The van der Waals surface area contributed by atoms with Crippen molar-refractivity contribution in [3.05, 3.63) is 58.2 Å². The van der Waals surface area contributed by atoms with Gasteiger partial charge in [0.2, 0.25) is 0 Å². The average Bonchev–Trinajstić information content (AvgIpc) is 2.88. The molecule has 1 aromatic carbocycles. The van der Waals surface area contributed by atoms with Gasteiger partial charge in [0.05, 0.1) is 11.5 Å². The minimum absolute atomic E-state index is 0.107. The number of nitro groups is 1. The minimum atomic E-state index is -0.406. The summed E-state index contributed by atoms with van der Waals surface area (Å²) in [5, 5.41) is 10.5. The molecule has 0 amide bonds. The van der Waals surface area contributed by atoms with E-state index < -0.39 is 4.92 Å². The molecule has 94 valence electrons. The summed E-state index contributed by atoms with van der Waals surface area (Å²) in [6.45, 7) is 0.999. The van der Waals surface area contributed by atoms with E-state index in [1.165, 1.54) is 12.1 Å². The molecule has 0 atom stereocenters. The summed E-state index contributed by atoms with van der Waals surface area (Å²) in [7, 11) is 0. The number of hydrogen-bond acceptors (Lipinski definition) is 4. The third-order valence-corrected chi connectivity index (χ3v) is 2.48. The van der Waals surface area contributed by atoms with E-state index in [0.717, 1.165) is 17.8 Å². The predicted octanol–water partition coefficient (Wildman–Crippen LogP) is 2.08. The fourth-order valence-corrected chi connectivity index (χ4v) is 1.52. The van der Waals surface area contributed by atoms with Crippen molar-refractivity contribution >= 4 is 5.69 Å². The van der Waals surface area contributed by atoms with Crippen LogP contribution < -0.4 is 0 Å². The number of ether oxygens (including phenoxy) is 1. The van der Waals surface area contributed by atoms with Gasteiger partial charge in [0.25, 0.3) is 5.69 Å². The normalized spacial score (nSPS) is 10.4. The number of rotatable bonds is 6. The molecule has 0 aliphatic rings. The van der Waals surface area contributed by atoms with E-state index in [1.807, 2.05) is 0 Å². The number of benzene rings is 1. The minimum Gasteiger partial charge on any atom is -0.373 e. The van der Waals surface area contributed by atoms with Crippen LogP contribution in [0.4, 0.5) is 5.69 Å². The molecule has 6 heteroatoms. The van der Waals surface area contributed by atoms with E-state index in [1.54, 1.807) is 24.5 Å². The maximum atomic E-state index is 10.5. The van der Waals surface area contributed by atoms with Gasteiger partial charge in [0, 0.05) is 24.5 Å². The number of nitrogens with one attached hydrogen (secondary N) is 1. The summed E-state index contributed by atoms with van der Waals surface area (Å²) in [6.07, 6.45) is 4.14. The van der Waals surface area contributed by atoms with Crippen LogP contribution in [-0.4, -0.2) is 21.5 Å². The zero-order chi connectivity index (χ0) is 12.8. The monoisotopic (exact) mass is 247 g/mol. The van der Waals surface area contributed by atoms with E-state index in [9.17, 15) is 10.1 Å². The van der Waals surface area contributed by atoms with Crippen LogP contribution in [0.2, 0.25) is 0 Å². The molecule has 2 aromatic rings. The van der Waals surface area contributed by atoms with Crippen LogP contribution in [0.25, 0.3) is 0 Å². The smallest absolute Gasteiger partial charge is 0.269 e. The summed E-state index contributed by atoms with van der Waals surface area (Å²) in [5.74, 6) is 0.790. The van der Waals surface area contributed by atoms with Gasteiger partial charge in [-0.15, -0.1) is 0 Å². The van der Waals surface area contributed by atoms with Gasteiger partial charge in [-0.2, -0.15) is 0 Å². The van der Waals surface area contributed by atoms with E-state index in [0.29, 0.717) is 13.2 Å². The number of imidazole rings is 1. The number of hydrogen-bond donors (Lipinski definition) is 1. The second-order valence-corrected chi connectivity index (χ2v) is 3.76. The van der Waals surface area contributed by atoms with Crippen LogP contribution in [0.1, 0.15) is 11.4 Å². The van der Waals surface area contributed by atoms with E-state index in [-0.39, 0.29) is 5.69 Å². The van der Waals surface area contributed by atoms with E-state index >= 15 is 0 Å². The molecule has 0 spiro atoms. The Kier molecular flexibility index (Phi) is 4.03. The Morgan fingerprint density at radius 2 is 2.11 bits per heavy atom. The van der Waals surface area contributed by atoms with Crippen molar-refractivity contribution in [1.29, 1.82) is 0 Å². The van der Waals surface area contributed by atoms with Crippen molar-refractivity contribution in [2.24, 2.45) is 0 Å². The SMILES string of the molecule is O=[N+]([O-])c1ccc(CCOCc2ncc[nH]2)cc1. The van der Waals surface area contributed by atoms with E-state index in [2.05, 4.69) is 9.97 Å². The van der Waals surface area contributed by atoms with Crippen molar-refractivity contribution in [3.63, 3.8) is 0 Å². The van der Waals surface area contributed by atoms with Gasteiger partial charge < -0.3 is 9.72 Å². The molecule has 1 heterocycles. The zero-order valence-electron chi connectivity index (χ0n) is 9.70. The molecular weight excluding hydrogens is 234 g/mol. The number of aromatic amines is 1. The Morgan fingerprint density at radius 1 is 1.33 bits per heavy atom. The molecule has 0 radical (unpaired) electrons. The van der Waals surface area contributed by atoms with Gasteiger partial charge in [-0.25, -0.2) is 4.98 Å². The van der Waals surface area contributed by atoms with Crippen LogP contribution in [0.5, 0.6) is 0 Å². The molecule has 0 saturated carbocycles. The molecule has 1 aromatic heterocycles. The van der Waals surface area contributed by atoms with Crippen molar-refractivity contribution in [3.8, 4) is 0 Å². The average molecular weight is 247 g/mol. The Hall–Kier alpha value is -2.21. The number of nitro benzene ring substituents is 1. The molecule has 0 aliphatic heterocycles. The van der Waals surface area contributed by atoms with Crippen LogP contribution in [0.15, 0.2) is 36.7 Å². The van der Waals surface area contributed by atoms with Crippen LogP contribution in [0.3, 0.4) is 0 Å². The maximum absolute atomic E-state index is 10.5. The molecule has 0 saturated heterocycles. The quantitative estimate of drug-likeness (QED) is 0.481. The first-order valence-corrected chi connectivity index (χ1v) is 5.55. The molecule has 1 N–H and O–H groups in total. The zero-order valence-corrected chi connectivity index (χ0v) is 9.70. The van der Waals surface area contributed by atoms with Crippen LogP contribution >= 0.6 is 0 Å². The summed E-state index contributed by atoms with van der Waals surface area (Å²) in [4.78, 5) is 17.0. The molecular formula is C12H13N3O3. The third-order valence-electron chi connectivity index (χ3n) is 2.48. The highest BCUT2D eigenvalue weighted by Crippen LogP contribution is 2.12. The highest BCUT2D eigenvalue weighted by molar-refractivity contribution is 5.32. The Labute approximate surface area is 104 Å². The molecule has 0 aliphatic carbocycles. The first-order chi connectivity index (χ1) is 8.75.